The zero-order valence-electron chi connectivity index (χ0n) is 6.79. The molecule has 3 nitrogen and oxygen atoms in total. The minimum Gasteiger partial charge on any atom is -0.399 e. The number of nitrogens with zero attached hydrogens (tertiary/aromatic N) is 2. The summed E-state index contributed by atoms with van der Waals surface area (Å²) < 4.78 is 0. The molecule has 11 heavy (non-hydrogen) atoms. The summed E-state index contributed by atoms with van der Waals surface area (Å²) in [5, 5.41) is 6.78. The number of aromatic nitrogens is 1. The topological polar surface area (TPSA) is 34.5 Å². The van der Waals surface area contributed by atoms with Gasteiger partial charge in [0.05, 0.1) is 10.7 Å². The summed E-state index contributed by atoms with van der Waals surface area (Å²) in [6.45, 7) is 3.84. The summed E-state index contributed by atoms with van der Waals surface area (Å²) >= 11 is 1.61. The molecule has 0 bridgehead atoms. The Morgan fingerprint density at radius 1 is 1.73 bits per heavy atom. The van der Waals surface area contributed by atoms with Crippen LogP contribution in [0.3, 0.4) is 0 Å². The number of hydrogen-bond acceptors (Lipinski definition) is 4. The molecule has 1 aromatic rings. The number of hydrogen-bond donors (Lipinski definition) is 0. The van der Waals surface area contributed by atoms with Crippen molar-refractivity contribution in [2.24, 2.45) is 5.16 Å². The van der Waals surface area contributed by atoms with Gasteiger partial charge in [-0.1, -0.05) is 5.16 Å². The Hall–Kier alpha value is -0.900. The molecule has 0 fully saturated rings. The lowest BCUT2D eigenvalue weighted by Crippen LogP contribution is -1.95. The average Bonchev–Trinajstić information content (AvgIpc) is 2.36. The maximum atomic E-state index is 4.62. The lowest BCUT2D eigenvalue weighted by Gasteiger charge is -1.91. The van der Waals surface area contributed by atoms with Crippen molar-refractivity contribution in [3.05, 3.63) is 16.1 Å². The highest BCUT2D eigenvalue weighted by Crippen LogP contribution is 2.08. The SMILES string of the molecule is CO/N=C(\C)c1csc(C)n1. The molecule has 1 rings (SSSR count). The Labute approximate surface area is 69.7 Å². The van der Waals surface area contributed by atoms with Crippen LogP contribution in [0.4, 0.5) is 0 Å². The first-order chi connectivity index (χ1) is 5.24. The molecule has 1 heterocycles. The second-order valence-electron chi connectivity index (χ2n) is 2.11. The molecule has 0 aliphatic rings. The van der Waals surface area contributed by atoms with E-state index in [0.29, 0.717) is 0 Å². The molecular formula is C7H10N2OS. The molecule has 0 saturated carbocycles. The van der Waals surface area contributed by atoms with Gasteiger partial charge in [0.2, 0.25) is 0 Å². The molecule has 0 radical (unpaired) electrons. The Kier molecular flexibility index (Phi) is 2.59. The van der Waals surface area contributed by atoms with E-state index in [4.69, 9.17) is 0 Å². The first-order valence-corrected chi connectivity index (χ1v) is 4.12. The lowest BCUT2D eigenvalue weighted by atomic mass is 10.3. The van der Waals surface area contributed by atoms with E-state index in [1.54, 1.807) is 11.3 Å². The van der Waals surface area contributed by atoms with Crippen molar-refractivity contribution in [1.29, 1.82) is 0 Å². The fourth-order valence-corrected chi connectivity index (χ4v) is 1.37. The lowest BCUT2D eigenvalue weighted by molar-refractivity contribution is 0.213. The highest BCUT2D eigenvalue weighted by atomic mass is 32.1. The van der Waals surface area contributed by atoms with Crippen LogP contribution in [0.5, 0.6) is 0 Å². The highest BCUT2D eigenvalue weighted by Gasteiger charge is 2.00. The molecule has 0 aliphatic heterocycles. The van der Waals surface area contributed by atoms with Gasteiger partial charge < -0.3 is 4.84 Å². The predicted molar refractivity (Wildman–Crippen MR) is 46.1 cm³/mol. The normalized spacial score (nSPS) is 11.7. The molecule has 0 amide bonds. The molecule has 1 aromatic heterocycles. The third-order valence-electron chi connectivity index (χ3n) is 1.22. The van der Waals surface area contributed by atoms with Gasteiger partial charge in [-0.2, -0.15) is 0 Å². The number of oxime groups is 1. The molecule has 0 unspecified atom stereocenters. The molecule has 0 spiro atoms. The van der Waals surface area contributed by atoms with E-state index in [1.165, 1.54) is 7.11 Å². The van der Waals surface area contributed by atoms with Gasteiger partial charge in [0, 0.05) is 5.38 Å². The molecule has 0 N–H and O–H groups in total. The van der Waals surface area contributed by atoms with E-state index >= 15 is 0 Å². The van der Waals surface area contributed by atoms with Crippen molar-refractivity contribution in [1.82, 2.24) is 4.98 Å². The van der Waals surface area contributed by atoms with Crippen molar-refractivity contribution in [2.75, 3.05) is 7.11 Å². The van der Waals surface area contributed by atoms with E-state index < -0.39 is 0 Å². The van der Waals surface area contributed by atoms with Crippen molar-refractivity contribution in [2.45, 2.75) is 13.8 Å². The third-order valence-corrected chi connectivity index (χ3v) is 1.99. The molecule has 60 valence electrons. The first-order valence-electron chi connectivity index (χ1n) is 3.24. The number of rotatable bonds is 2. The van der Waals surface area contributed by atoms with Crippen LogP contribution in [0, 0.1) is 6.92 Å². The Morgan fingerprint density at radius 3 is 2.91 bits per heavy atom. The van der Waals surface area contributed by atoms with E-state index in [9.17, 15) is 0 Å². The second-order valence-corrected chi connectivity index (χ2v) is 3.17. The summed E-state index contributed by atoms with van der Waals surface area (Å²) in [6.07, 6.45) is 0. The summed E-state index contributed by atoms with van der Waals surface area (Å²) in [5.74, 6) is 0. The fraction of sp³-hybridized carbons (Fsp3) is 0.429. The van der Waals surface area contributed by atoms with E-state index in [0.717, 1.165) is 16.4 Å². The van der Waals surface area contributed by atoms with Gasteiger partial charge >= 0.3 is 0 Å². The van der Waals surface area contributed by atoms with Crippen molar-refractivity contribution in [3.8, 4) is 0 Å². The van der Waals surface area contributed by atoms with Crippen molar-refractivity contribution >= 4 is 17.0 Å². The van der Waals surface area contributed by atoms with Crippen LogP contribution in [-0.4, -0.2) is 17.8 Å². The van der Waals surface area contributed by atoms with Gasteiger partial charge in [-0.3, -0.25) is 0 Å². The van der Waals surface area contributed by atoms with Gasteiger partial charge in [0.15, 0.2) is 0 Å². The Bertz CT molecular complexity index is 267. The zero-order chi connectivity index (χ0) is 8.27. The van der Waals surface area contributed by atoms with E-state index in [2.05, 4.69) is 15.0 Å². The standard InChI is InChI=1S/C7H10N2OS/c1-5(9-10-3)7-4-11-6(2)8-7/h4H,1-3H3/b9-5+. The number of aryl methyl sites for hydroxylation is 1. The maximum absolute atomic E-state index is 4.62. The van der Waals surface area contributed by atoms with Crippen LogP contribution < -0.4 is 0 Å². The van der Waals surface area contributed by atoms with Crippen molar-refractivity contribution in [3.63, 3.8) is 0 Å². The molecule has 0 saturated heterocycles. The molecule has 4 heteroatoms. The van der Waals surface area contributed by atoms with Crippen LogP contribution in [0.2, 0.25) is 0 Å². The minimum atomic E-state index is 0.817. The van der Waals surface area contributed by atoms with Crippen LogP contribution in [0.25, 0.3) is 0 Å². The van der Waals surface area contributed by atoms with Gasteiger partial charge in [-0.05, 0) is 13.8 Å². The summed E-state index contributed by atoms with van der Waals surface area (Å²) in [4.78, 5) is 8.86. The van der Waals surface area contributed by atoms with Crippen LogP contribution in [-0.2, 0) is 4.84 Å². The zero-order valence-corrected chi connectivity index (χ0v) is 7.60. The molecule has 0 aromatic carbocycles. The number of thiazole rings is 1. The monoisotopic (exact) mass is 170 g/mol. The maximum Gasteiger partial charge on any atom is 0.106 e. The Balaban J connectivity index is 2.84. The van der Waals surface area contributed by atoms with E-state index in [1.807, 2.05) is 19.2 Å². The van der Waals surface area contributed by atoms with Gasteiger partial charge in [-0.15, -0.1) is 11.3 Å². The smallest absolute Gasteiger partial charge is 0.106 e. The van der Waals surface area contributed by atoms with Crippen LogP contribution >= 0.6 is 11.3 Å². The minimum absolute atomic E-state index is 0.817. The van der Waals surface area contributed by atoms with Crippen molar-refractivity contribution < 1.29 is 4.84 Å². The second kappa shape index (κ2) is 3.48. The average molecular weight is 170 g/mol. The van der Waals surface area contributed by atoms with E-state index in [-0.39, 0.29) is 0 Å². The van der Waals surface area contributed by atoms with Crippen LogP contribution in [0.15, 0.2) is 10.5 Å². The Morgan fingerprint density at radius 2 is 2.45 bits per heavy atom. The van der Waals surface area contributed by atoms with Gasteiger partial charge in [-0.25, -0.2) is 4.98 Å². The summed E-state index contributed by atoms with van der Waals surface area (Å²) in [5.41, 5.74) is 1.71. The molecular weight excluding hydrogens is 160 g/mol. The third kappa shape index (κ3) is 2.01. The summed E-state index contributed by atoms with van der Waals surface area (Å²) in [7, 11) is 1.53. The molecule has 0 atom stereocenters. The molecule has 0 aliphatic carbocycles. The predicted octanol–water partition coefficient (Wildman–Crippen LogP) is 1.82. The van der Waals surface area contributed by atoms with Gasteiger partial charge in [0.25, 0.3) is 0 Å². The quantitative estimate of drug-likeness (QED) is 0.501. The van der Waals surface area contributed by atoms with Crippen LogP contribution in [0.1, 0.15) is 17.6 Å². The summed E-state index contributed by atoms with van der Waals surface area (Å²) in [6, 6.07) is 0. The largest absolute Gasteiger partial charge is 0.399 e. The highest BCUT2D eigenvalue weighted by molar-refractivity contribution is 7.09. The fourth-order valence-electron chi connectivity index (χ4n) is 0.713. The first kappa shape index (κ1) is 8.20. The van der Waals surface area contributed by atoms with Gasteiger partial charge in [0.1, 0.15) is 12.8 Å².